The predicted molar refractivity (Wildman–Crippen MR) is 67.4 cm³/mol. The van der Waals surface area contributed by atoms with Gasteiger partial charge >= 0.3 is 5.97 Å². The van der Waals surface area contributed by atoms with E-state index in [9.17, 15) is 9.59 Å². The first-order valence-electron chi connectivity index (χ1n) is 5.18. The molecule has 0 saturated heterocycles. The van der Waals surface area contributed by atoms with Crippen molar-refractivity contribution in [2.75, 3.05) is 11.9 Å². The van der Waals surface area contributed by atoms with Gasteiger partial charge in [0, 0.05) is 17.1 Å². The quantitative estimate of drug-likeness (QED) is 0.854. The Morgan fingerprint density at radius 1 is 1.42 bits per heavy atom. The van der Waals surface area contributed by atoms with E-state index in [4.69, 9.17) is 9.84 Å². The SMILES string of the molecule is O=C(O)COc1cccc(NC(=O)c2csnn2)c1. The van der Waals surface area contributed by atoms with Crippen LogP contribution >= 0.6 is 11.5 Å². The number of nitrogens with one attached hydrogen (secondary N) is 1. The Morgan fingerprint density at radius 2 is 2.26 bits per heavy atom. The van der Waals surface area contributed by atoms with Gasteiger partial charge in [-0.1, -0.05) is 10.6 Å². The number of rotatable bonds is 5. The van der Waals surface area contributed by atoms with Crippen LogP contribution in [0.25, 0.3) is 0 Å². The molecule has 1 aromatic heterocycles. The zero-order chi connectivity index (χ0) is 13.7. The summed E-state index contributed by atoms with van der Waals surface area (Å²) in [6.45, 7) is -0.437. The van der Waals surface area contributed by atoms with Gasteiger partial charge < -0.3 is 15.2 Å². The highest BCUT2D eigenvalue weighted by atomic mass is 32.1. The Balaban J connectivity index is 2.02. The molecule has 0 aliphatic heterocycles. The number of aliphatic carboxylic acids is 1. The van der Waals surface area contributed by atoms with Gasteiger partial charge in [0.15, 0.2) is 12.3 Å². The predicted octanol–water partition coefficient (Wildman–Crippen LogP) is 1.25. The van der Waals surface area contributed by atoms with Crippen LogP contribution in [0.15, 0.2) is 29.6 Å². The van der Waals surface area contributed by atoms with Gasteiger partial charge in [-0.2, -0.15) is 0 Å². The number of aromatic nitrogens is 2. The molecule has 0 unspecified atom stereocenters. The number of nitrogens with zero attached hydrogens (tertiary/aromatic N) is 2. The molecule has 2 rings (SSSR count). The summed E-state index contributed by atoms with van der Waals surface area (Å²) in [6.07, 6.45) is 0. The number of carboxylic acids is 1. The average Bonchev–Trinajstić information content (AvgIpc) is 2.91. The Bertz CT molecular complexity index is 585. The molecular formula is C11H9N3O4S. The number of hydrogen-bond donors (Lipinski definition) is 2. The van der Waals surface area contributed by atoms with E-state index in [1.54, 1.807) is 18.2 Å². The van der Waals surface area contributed by atoms with Crippen LogP contribution in [-0.2, 0) is 4.79 Å². The molecule has 0 fully saturated rings. The minimum atomic E-state index is -1.07. The maximum atomic E-state index is 11.7. The molecule has 2 aromatic rings. The summed E-state index contributed by atoms with van der Waals surface area (Å²) < 4.78 is 8.60. The third-order valence-electron chi connectivity index (χ3n) is 2.05. The van der Waals surface area contributed by atoms with E-state index in [1.165, 1.54) is 11.4 Å². The Morgan fingerprint density at radius 3 is 2.95 bits per heavy atom. The molecule has 0 bridgehead atoms. The standard InChI is InChI=1S/C11H9N3O4S/c15-10(16)5-18-8-3-1-2-7(4-8)12-11(17)9-6-19-14-13-9/h1-4,6H,5H2,(H,12,17)(H,15,16). The zero-order valence-corrected chi connectivity index (χ0v) is 10.4. The lowest BCUT2D eigenvalue weighted by atomic mass is 10.3. The summed E-state index contributed by atoms with van der Waals surface area (Å²) in [7, 11) is 0. The molecule has 1 amide bonds. The number of anilines is 1. The lowest BCUT2D eigenvalue weighted by Gasteiger charge is -2.06. The van der Waals surface area contributed by atoms with Gasteiger partial charge in [0.2, 0.25) is 0 Å². The minimum Gasteiger partial charge on any atom is -0.482 e. The molecule has 0 radical (unpaired) electrons. The topological polar surface area (TPSA) is 101 Å². The first kappa shape index (κ1) is 13.0. The van der Waals surface area contributed by atoms with Gasteiger partial charge in [-0.05, 0) is 23.7 Å². The van der Waals surface area contributed by atoms with Crippen molar-refractivity contribution in [3.05, 3.63) is 35.3 Å². The second-order valence-electron chi connectivity index (χ2n) is 3.45. The van der Waals surface area contributed by atoms with Crippen molar-refractivity contribution in [2.45, 2.75) is 0 Å². The molecule has 1 heterocycles. The lowest BCUT2D eigenvalue weighted by Crippen LogP contribution is -2.13. The number of amides is 1. The molecule has 0 atom stereocenters. The Labute approximate surface area is 112 Å². The first-order valence-corrected chi connectivity index (χ1v) is 6.02. The van der Waals surface area contributed by atoms with E-state index in [0.29, 0.717) is 11.4 Å². The van der Waals surface area contributed by atoms with Crippen molar-refractivity contribution >= 4 is 29.1 Å². The number of benzene rings is 1. The summed E-state index contributed by atoms with van der Waals surface area (Å²) in [5.41, 5.74) is 0.711. The molecule has 19 heavy (non-hydrogen) atoms. The second-order valence-corrected chi connectivity index (χ2v) is 4.06. The van der Waals surface area contributed by atoms with Crippen molar-refractivity contribution in [2.24, 2.45) is 0 Å². The summed E-state index contributed by atoms with van der Waals surface area (Å²) in [5.74, 6) is -1.09. The number of hydrogen-bond acceptors (Lipinski definition) is 6. The van der Waals surface area contributed by atoms with Crippen molar-refractivity contribution in [1.29, 1.82) is 0 Å². The van der Waals surface area contributed by atoms with Gasteiger partial charge in [-0.3, -0.25) is 4.79 Å². The monoisotopic (exact) mass is 279 g/mol. The molecule has 2 N–H and O–H groups in total. The highest BCUT2D eigenvalue weighted by Gasteiger charge is 2.09. The van der Waals surface area contributed by atoms with E-state index in [0.717, 1.165) is 11.5 Å². The van der Waals surface area contributed by atoms with Crippen molar-refractivity contribution in [1.82, 2.24) is 9.59 Å². The number of ether oxygens (including phenoxy) is 1. The molecule has 0 spiro atoms. The Hall–Kier alpha value is -2.48. The van der Waals surface area contributed by atoms with E-state index < -0.39 is 12.6 Å². The fourth-order valence-corrected chi connectivity index (χ4v) is 1.70. The van der Waals surface area contributed by atoms with E-state index >= 15 is 0 Å². The van der Waals surface area contributed by atoms with E-state index in [2.05, 4.69) is 14.9 Å². The lowest BCUT2D eigenvalue weighted by molar-refractivity contribution is -0.139. The Kier molecular flexibility index (Phi) is 4.04. The van der Waals surface area contributed by atoms with Gasteiger partial charge in [-0.25, -0.2) is 4.79 Å². The van der Waals surface area contributed by atoms with Crippen LogP contribution in [0.1, 0.15) is 10.5 Å². The molecular weight excluding hydrogens is 270 g/mol. The van der Waals surface area contributed by atoms with Gasteiger partial charge in [-0.15, -0.1) is 5.10 Å². The van der Waals surface area contributed by atoms with Crippen molar-refractivity contribution < 1.29 is 19.4 Å². The molecule has 98 valence electrons. The normalized spacial score (nSPS) is 9.89. The van der Waals surface area contributed by atoms with Gasteiger partial charge in [0.05, 0.1) is 0 Å². The van der Waals surface area contributed by atoms with Crippen LogP contribution in [0.3, 0.4) is 0 Å². The van der Waals surface area contributed by atoms with Crippen LogP contribution in [0.5, 0.6) is 5.75 Å². The minimum absolute atomic E-state index is 0.224. The highest BCUT2D eigenvalue weighted by Crippen LogP contribution is 2.17. The smallest absolute Gasteiger partial charge is 0.341 e. The fraction of sp³-hybridized carbons (Fsp3) is 0.0909. The van der Waals surface area contributed by atoms with Crippen LogP contribution in [-0.4, -0.2) is 33.2 Å². The molecule has 1 aromatic carbocycles. The molecule has 8 heteroatoms. The first-order chi connectivity index (χ1) is 9.15. The maximum Gasteiger partial charge on any atom is 0.341 e. The third kappa shape index (κ3) is 3.75. The summed E-state index contributed by atoms with van der Waals surface area (Å²) in [6, 6.07) is 6.43. The summed E-state index contributed by atoms with van der Waals surface area (Å²) in [5, 5.41) is 16.3. The molecule has 7 nitrogen and oxygen atoms in total. The summed E-state index contributed by atoms with van der Waals surface area (Å²) >= 11 is 1.08. The van der Waals surface area contributed by atoms with Crippen LogP contribution in [0, 0.1) is 0 Å². The molecule has 0 saturated carbocycles. The maximum absolute atomic E-state index is 11.7. The molecule has 0 aliphatic carbocycles. The van der Waals surface area contributed by atoms with Crippen LogP contribution in [0.2, 0.25) is 0 Å². The van der Waals surface area contributed by atoms with Gasteiger partial charge in [0.1, 0.15) is 5.75 Å². The van der Waals surface area contributed by atoms with E-state index in [-0.39, 0.29) is 11.6 Å². The number of carbonyl (C=O) groups excluding carboxylic acids is 1. The van der Waals surface area contributed by atoms with Crippen molar-refractivity contribution in [3.63, 3.8) is 0 Å². The number of carboxylic acid groups (broad SMARTS) is 1. The van der Waals surface area contributed by atoms with Crippen LogP contribution < -0.4 is 10.1 Å². The average molecular weight is 279 g/mol. The fourth-order valence-electron chi connectivity index (χ4n) is 1.27. The molecule has 0 aliphatic rings. The van der Waals surface area contributed by atoms with Crippen LogP contribution in [0.4, 0.5) is 5.69 Å². The van der Waals surface area contributed by atoms with Gasteiger partial charge in [0.25, 0.3) is 5.91 Å². The van der Waals surface area contributed by atoms with E-state index in [1.807, 2.05) is 0 Å². The zero-order valence-electron chi connectivity index (χ0n) is 9.57. The van der Waals surface area contributed by atoms with Crippen molar-refractivity contribution in [3.8, 4) is 5.75 Å². The second kappa shape index (κ2) is 5.91. The third-order valence-corrected chi connectivity index (χ3v) is 2.55. The largest absolute Gasteiger partial charge is 0.482 e. The summed E-state index contributed by atoms with van der Waals surface area (Å²) in [4.78, 5) is 22.1. The number of carbonyl (C=O) groups is 2. The highest BCUT2D eigenvalue weighted by molar-refractivity contribution is 7.03.